The zero-order chi connectivity index (χ0) is 10.6. The van der Waals surface area contributed by atoms with E-state index in [1.165, 1.54) is 0 Å². The van der Waals surface area contributed by atoms with E-state index in [0.717, 1.165) is 18.2 Å². The lowest BCUT2D eigenvalue weighted by Crippen LogP contribution is -2.28. The Hall–Kier alpha value is -1.69. The van der Waals surface area contributed by atoms with Gasteiger partial charge in [-0.25, -0.2) is 19.3 Å². The summed E-state index contributed by atoms with van der Waals surface area (Å²) in [5.74, 6) is -1.37. The van der Waals surface area contributed by atoms with E-state index in [9.17, 15) is 8.78 Å². The monoisotopic (exact) mass is 201 g/mol. The van der Waals surface area contributed by atoms with Crippen molar-refractivity contribution < 1.29 is 14.0 Å². The second kappa shape index (κ2) is 4.52. The molecule has 0 bridgehead atoms. The third-order valence-electron chi connectivity index (χ3n) is 1.54. The molecule has 1 rings (SSSR count). The molecule has 0 saturated heterocycles. The van der Waals surface area contributed by atoms with E-state index in [2.05, 4.69) is 4.99 Å². The van der Waals surface area contributed by atoms with Gasteiger partial charge >= 0.3 is 0 Å². The fraction of sp³-hybridized carbons (Fsp3) is 0.125. The first-order valence-corrected chi connectivity index (χ1v) is 3.77. The van der Waals surface area contributed by atoms with Crippen molar-refractivity contribution in [2.75, 3.05) is 0 Å². The highest BCUT2D eigenvalue weighted by molar-refractivity contribution is 5.76. The van der Waals surface area contributed by atoms with E-state index in [1.54, 1.807) is 5.48 Å². The molecule has 0 aromatic heterocycles. The smallest absolute Gasteiger partial charge is 0.213 e. The number of hydroxylamine groups is 1. The molecule has 6 heteroatoms. The first kappa shape index (κ1) is 10.4. The number of nitrogens with one attached hydrogen (secondary N) is 1. The van der Waals surface area contributed by atoms with Crippen molar-refractivity contribution in [2.45, 2.75) is 6.54 Å². The molecule has 0 aliphatic heterocycles. The maximum atomic E-state index is 13.0. The van der Waals surface area contributed by atoms with Gasteiger partial charge in [0.2, 0.25) is 5.96 Å². The van der Waals surface area contributed by atoms with Gasteiger partial charge < -0.3 is 5.73 Å². The zero-order valence-corrected chi connectivity index (χ0v) is 7.17. The number of aliphatic imine (C=N–C) groups is 1. The summed E-state index contributed by atoms with van der Waals surface area (Å²) >= 11 is 0. The van der Waals surface area contributed by atoms with Crippen LogP contribution in [0.4, 0.5) is 8.78 Å². The first-order valence-electron chi connectivity index (χ1n) is 3.77. The van der Waals surface area contributed by atoms with E-state index in [4.69, 9.17) is 10.9 Å². The van der Waals surface area contributed by atoms with Crippen LogP contribution in [0.15, 0.2) is 23.2 Å². The van der Waals surface area contributed by atoms with Crippen molar-refractivity contribution in [2.24, 2.45) is 10.7 Å². The van der Waals surface area contributed by atoms with E-state index >= 15 is 0 Å². The summed E-state index contributed by atoms with van der Waals surface area (Å²) in [4.78, 5) is 3.54. The van der Waals surface area contributed by atoms with Crippen LogP contribution in [0.2, 0.25) is 0 Å². The first-order chi connectivity index (χ1) is 6.63. The Morgan fingerprint density at radius 1 is 1.50 bits per heavy atom. The van der Waals surface area contributed by atoms with Crippen LogP contribution in [0.25, 0.3) is 0 Å². The average molecular weight is 201 g/mol. The molecular formula is C8H9F2N3O. The maximum Gasteiger partial charge on any atom is 0.213 e. The summed E-state index contributed by atoms with van der Waals surface area (Å²) < 4.78 is 25.6. The van der Waals surface area contributed by atoms with Gasteiger partial charge in [0.15, 0.2) is 0 Å². The second-order valence-electron chi connectivity index (χ2n) is 2.55. The van der Waals surface area contributed by atoms with Crippen molar-refractivity contribution >= 4 is 5.96 Å². The number of hydrogen-bond acceptors (Lipinski definition) is 2. The van der Waals surface area contributed by atoms with Gasteiger partial charge in [-0.2, -0.15) is 0 Å². The largest absolute Gasteiger partial charge is 0.368 e. The maximum absolute atomic E-state index is 13.0. The number of guanidine groups is 1. The Morgan fingerprint density at radius 2 is 2.21 bits per heavy atom. The Labute approximate surface area is 79.0 Å². The Morgan fingerprint density at radius 3 is 2.86 bits per heavy atom. The molecule has 0 radical (unpaired) electrons. The molecule has 1 aromatic carbocycles. The van der Waals surface area contributed by atoms with Crippen LogP contribution < -0.4 is 11.2 Å². The molecule has 1 aromatic rings. The van der Waals surface area contributed by atoms with Crippen molar-refractivity contribution in [1.82, 2.24) is 5.48 Å². The van der Waals surface area contributed by atoms with Gasteiger partial charge in [0, 0.05) is 5.56 Å². The normalized spacial score (nSPS) is 11.5. The summed E-state index contributed by atoms with van der Waals surface area (Å²) in [5.41, 5.74) is 6.73. The van der Waals surface area contributed by atoms with Crippen LogP contribution in [0.3, 0.4) is 0 Å². The third-order valence-corrected chi connectivity index (χ3v) is 1.54. The fourth-order valence-electron chi connectivity index (χ4n) is 0.870. The standard InChI is InChI=1S/C8H9F2N3O/c9-6-1-2-7(10)5(3-6)4-12-8(11)13-14/h1-3,14H,4H2,(H3,11,12,13). The minimum absolute atomic E-state index is 0.0724. The van der Waals surface area contributed by atoms with E-state index in [1.807, 2.05) is 0 Å². The summed E-state index contributed by atoms with van der Waals surface area (Å²) in [6.45, 7) is -0.136. The van der Waals surface area contributed by atoms with Crippen LogP contribution in [-0.4, -0.2) is 11.2 Å². The molecule has 0 aliphatic carbocycles. The number of benzene rings is 1. The molecule has 0 unspecified atom stereocenters. The number of nitrogens with zero attached hydrogens (tertiary/aromatic N) is 1. The highest BCUT2D eigenvalue weighted by Crippen LogP contribution is 2.10. The van der Waals surface area contributed by atoms with Gasteiger partial charge in [-0.1, -0.05) is 0 Å². The molecular weight excluding hydrogens is 192 g/mol. The minimum Gasteiger partial charge on any atom is -0.368 e. The average Bonchev–Trinajstić information content (AvgIpc) is 2.19. The summed E-state index contributed by atoms with van der Waals surface area (Å²) in [6, 6.07) is 3.03. The predicted octanol–water partition coefficient (Wildman–Crippen LogP) is 0.758. The number of hydrogen-bond donors (Lipinski definition) is 3. The lowest BCUT2D eigenvalue weighted by molar-refractivity contribution is 0.232. The molecule has 0 atom stereocenters. The molecule has 0 amide bonds. The molecule has 0 spiro atoms. The van der Waals surface area contributed by atoms with Crippen LogP contribution in [0.1, 0.15) is 5.56 Å². The van der Waals surface area contributed by atoms with E-state index < -0.39 is 11.6 Å². The van der Waals surface area contributed by atoms with Crippen molar-refractivity contribution in [3.63, 3.8) is 0 Å². The van der Waals surface area contributed by atoms with Gasteiger partial charge in [-0.05, 0) is 18.2 Å². The van der Waals surface area contributed by atoms with Gasteiger partial charge in [0.1, 0.15) is 11.6 Å². The Kier molecular flexibility index (Phi) is 3.35. The highest BCUT2D eigenvalue weighted by Gasteiger charge is 2.02. The van der Waals surface area contributed by atoms with Crippen molar-refractivity contribution in [1.29, 1.82) is 0 Å². The quantitative estimate of drug-likeness (QED) is 0.376. The van der Waals surface area contributed by atoms with Crippen molar-refractivity contribution in [3.8, 4) is 0 Å². The second-order valence-corrected chi connectivity index (χ2v) is 2.55. The fourth-order valence-corrected chi connectivity index (χ4v) is 0.870. The number of rotatable bonds is 2. The minimum atomic E-state index is -0.569. The Balaban J connectivity index is 2.81. The van der Waals surface area contributed by atoms with Crippen LogP contribution in [-0.2, 0) is 6.54 Å². The predicted molar refractivity (Wildman–Crippen MR) is 46.6 cm³/mol. The van der Waals surface area contributed by atoms with Gasteiger partial charge in [-0.3, -0.25) is 5.21 Å². The molecule has 14 heavy (non-hydrogen) atoms. The topological polar surface area (TPSA) is 70.6 Å². The molecule has 0 fully saturated rings. The molecule has 76 valence electrons. The molecule has 0 heterocycles. The summed E-state index contributed by atoms with van der Waals surface area (Å²) in [5, 5.41) is 8.26. The number of nitrogens with two attached hydrogens (primary N) is 1. The SMILES string of the molecule is NC(=NCc1cc(F)ccc1F)NO. The van der Waals surface area contributed by atoms with Crippen LogP contribution in [0, 0.1) is 11.6 Å². The number of halogens is 2. The molecule has 4 N–H and O–H groups in total. The molecule has 0 saturated carbocycles. The van der Waals surface area contributed by atoms with E-state index in [0.29, 0.717) is 0 Å². The van der Waals surface area contributed by atoms with Crippen molar-refractivity contribution in [3.05, 3.63) is 35.4 Å². The van der Waals surface area contributed by atoms with Crippen LogP contribution in [0.5, 0.6) is 0 Å². The third kappa shape index (κ3) is 2.67. The van der Waals surface area contributed by atoms with Gasteiger partial charge in [-0.15, -0.1) is 0 Å². The highest BCUT2D eigenvalue weighted by atomic mass is 19.1. The zero-order valence-electron chi connectivity index (χ0n) is 7.17. The van der Waals surface area contributed by atoms with Gasteiger partial charge in [0.05, 0.1) is 6.54 Å². The lowest BCUT2D eigenvalue weighted by atomic mass is 10.2. The van der Waals surface area contributed by atoms with Gasteiger partial charge in [0.25, 0.3) is 0 Å². The Bertz CT molecular complexity index is 354. The van der Waals surface area contributed by atoms with Crippen LogP contribution >= 0.6 is 0 Å². The lowest BCUT2D eigenvalue weighted by Gasteiger charge is -2.00. The summed E-state index contributed by atoms with van der Waals surface area (Å²) in [7, 11) is 0. The molecule has 0 aliphatic rings. The molecule has 4 nitrogen and oxygen atoms in total. The van der Waals surface area contributed by atoms with E-state index in [-0.39, 0.29) is 18.1 Å². The summed E-state index contributed by atoms with van der Waals surface area (Å²) in [6.07, 6.45) is 0.